The molecule has 0 atom stereocenters. The van der Waals surface area contributed by atoms with Gasteiger partial charge in [-0.05, 0) is 17.7 Å². The highest BCUT2D eigenvalue weighted by Gasteiger charge is 2.15. The fraction of sp³-hybridized carbons (Fsp3) is 0.111. The number of hydrogen-bond donors (Lipinski definition) is 1. The Bertz CT molecular complexity index is 426. The van der Waals surface area contributed by atoms with Crippen LogP contribution in [-0.4, -0.2) is 11.1 Å². The Labute approximate surface area is 84.3 Å². The summed E-state index contributed by atoms with van der Waals surface area (Å²) < 4.78 is 12.8. The third-order valence-electron chi connectivity index (χ3n) is 1.70. The second-order valence-electron chi connectivity index (χ2n) is 2.53. The highest BCUT2D eigenvalue weighted by atomic mass is 35.5. The highest BCUT2D eigenvalue weighted by molar-refractivity contribution is 6.17. The number of benzene rings is 1. The monoisotopic (exact) mass is 213 g/mol. The Morgan fingerprint density at radius 1 is 1.64 bits per heavy atom. The molecule has 72 valence electrons. The first kappa shape index (κ1) is 10.5. The molecule has 0 spiro atoms. The first-order chi connectivity index (χ1) is 6.60. The number of nitrogens with zero attached hydrogens (tertiary/aromatic N) is 1. The van der Waals surface area contributed by atoms with Crippen molar-refractivity contribution in [2.24, 2.45) is 0 Å². The third kappa shape index (κ3) is 1.83. The molecular formula is C9H5ClFNO2. The zero-order valence-electron chi connectivity index (χ0n) is 6.92. The highest BCUT2D eigenvalue weighted by Crippen LogP contribution is 2.18. The molecule has 3 nitrogen and oxygen atoms in total. The largest absolute Gasteiger partial charge is 0.478 e. The maximum atomic E-state index is 12.8. The molecule has 0 fully saturated rings. The number of rotatable bonds is 2. The standard InChI is InChI=1S/C9H5ClFNO2/c10-3-8-5(4-12)1-6(11)2-7(8)9(13)14/h1-2H,3H2,(H,13,14). The van der Waals surface area contributed by atoms with Gasteiger partial charge in [-0.2, -0.15) is 5.26 Å². The van der Waals surface area contributed by atoms with Gasteiger partial charge in [0.1, 0.15) is 5.82 Å². The minimum Gasteiger partial charge on any atom is -0.478 e. The van der Waals surface area contributed by atoms with Crippen LogP contribution in [0, 0.1) is 17.1 Å². The van der Waals surface area contributed by atoms with Crippen molar-refractivity contribution in [2.45, 2.75) is 5.88 Å². The second-order valence-corrected chi connectivity index (χ2v) is 2.80. The van der Waals surface area contributed by atoms with Crippen molar-refractivity contribution < 1.29 is 14.3 Å². The van der Waals surface area contributed by atoms with Gasteiger partial charge in [0, 0.05) is 5.88 Å². The van der Waals surface area contributed by atoms with Gasteiger partial charge in [0.15, 0.2) is 0 Å². The molecule has 5 heteroatoms. The van der Waals surface area contributed by atoms with Crippen LogP contribution in [0.1, 0.15) is 21.5 Å². The zero-order chi connectivity index (χ0) is 10.7. The molecule has 14 heavy (non-hydrogen) atoms. The summed E-state index contributed by atoms with van der Waals surface area (Å²) in [6.07, 6.45) is 0. The van der Waals surface area contributed by atoms with Crippen LogP contribution in [0.2, 0.25) is 0 Å². The van der Waals surface area contributed by atoms with Crippen molar-refractivity contribution >= 4 is 17.6 Å². The molecule has 0 saturated carbocycles. The van der Waals surface area contributed by atoms with Crippen LogP contribution >= 0.6 is 11.6 Å². The number of aromatic carboxylic acids is 1. The molecule has 0 unspecified atom stereocenters. The molecular weight excluding hydrogens is 209 g/mol. The molecule has 1 aromatic carbocycles. The van der Waals surface area contributed by atoms with Crippen LogP contribution in [-0.2, 0) is 5.88 Å². The minimum absolute atomic E-state index is 0.0441. The predicted octanol–water partition coefficient (Wildman–Crippen LogP) is 2.13. The SMILES string of the molecule is N#Cc1cc(F)cc(C(=O)O)c1CCl. The van der Waals surface area contributed by atoms with E-state index in [0.29, 0.717) is 0 Å². The predicted molar refractivity (Wildman–Crippen MR) is 47.6 cm³/mol. The molecule has 0 aliphatic rings. The first-order valence-electron chi connectivity index (χ1n) is 3.62. The van der Waals surface area contributed by atoms with E-state index in [1.54, 1.807) is 6.07 Å². The molecule has 0 aliphatic heterocycles. The van der Waals surface area contributed by atoms with E-state index in [1.807, 2.05) is 0 Å². The van der Waals surface area contributed by atoms with Crippen LogP contribution < -0.4 is 0 Å². The molecule has 0 bridgehead atoms. The van der Waals surface area contributed by atoms with E-state index in [-0.39, 0.29) is 22.6 Å². The Hall–Kier alpha value is -1.60. The summed E-state index contributed by atoms with van der Waals surface area (Å²) >= 11 is 5.48. The normalized spacial score (nSPS) is 9.50. The lowest BCUT2D eigenvalue weighted by atomic mass is 10.0. The van der Waals surface area contributed by atoms with Gasteiger partial charge in [0.05, 0.1) is 17.2 Å². The molecule has 0 saturated heterocycles. The fourth-order valence-electron chi connectivity index (χ4n) is 1.07. The first-order valence-corrected chi connectivity index (χ1v) is 4.15. The van der Waals surface area contributed by atoms with Crippen LogP contribution in [0.4, 0.5) is 4.39 Å². The van der Waals surface area contributed by atoms with E-state index >= 15 is 0 Å². The maximum absolute atomic E-state index is 12.8. The molecule has 1 N–H and O–H groups in total. The summed E-state index contributed by atoms with van der Waals surface area (Å²) in [6, 6.07) is 3.51. The van der Waals surface area contributed by atoms with Crippen molar-refractivity contribution in [2.75, 3.05) is 0 Å². The van der Waals surface area contributed by atoms with Gasteiger partial charge in [0.25, 0.3) is 0 Å². The molecule has 0 heterocycles. The number of nitriles is 1. The number of hydrogen-bond acceptors (Lipinski definition) is 2. The van der Waals surface area contributed by atoms with Crippen LogP contribution in [0.3, 0.4) is 0 Å². The van der Waals surface area contributed by atoms with E-state index in [2.05, 4.69) is 0 Å². The zero-order valence-corrected chi connectivity index (χ0v) is 7.68. The molecule has 1 aromatic rings. The number of carbonyl (C=O) groups is 1. The molecule has 1 rings (SSSR count). The van der Waals surface area contributed by atoms with Gasteiger partial charge < -0.3 is 5.11 Å². The van der Waals surface area contributed by atoms with Gasteiger partial charge >= 0.3 is 5.97 Å². The number of carboxylic acids is 1. The molecule has 0 aliphatic carbocycles. The lowest BCUT2D eigenvalue weighted by Crippen LogP contribution is -2.04. The summed E-state index contributed by atoms with van der Waals surface area (Å²) in [5, 5.41) is 17.3. The summed E-state index contributed by atoms with van der Waals surface area (Å²) in [7, 11) is 0. The van der Waals surface area contributed by atoms with Crippen molar-refractivity contribution in [1.82, 2.24) is 0 Å². The minimum atomic E-state index is -1.29. The van der Waals surface area contributed by atoms with Crippen molar-refractivity contribution in [3.8, 4) is 6.07 Å². The van der Waals surface area contributed by atoms with E-state index < -0.39 is 11.8 Å². The van der Waals surface area contributed by atoms with Gasteiger partial charge in [-0.25, -0.2) is 9.18 Å². The third-order valence-corrected chi connectivity index (χ3v) is 1.97. The molecule has 0 radical (unpaired) electrons. The van der Waals surface area contributed by atoms with E-state index in [4.69, 9.17) is 22.0 Å². The van der Waals surface area contributed by atoms with Gasteiger partial charge in [-0.3, -0.25) is 0 Å². The smallest absolute Gasteiger partial charge is 0.336 e. The Kier molecular flexibility index (Phi) is 3.05. The van der Waals surface area contributed by atoms with Gasteiger partial charge in [0.2, 0.25) is 0 Å². The topological polar surface area (TPSA) is 61.1 Å². The maximum Gasteiger partial charge on any atom is 0.336 e. The Morgan fingerprint density at radius 3 is 2.71 bits per heavy atom. The number of alkyl halides is 1. The number of halogens is 2. The van der Waals surface area contributed by atoms with Crippen LogP contribution in [0.5, 0.6) is 0 Å². The van der Waals surface area contributed by atoms with E-state index in [1.165, 1.54) is 0 Å². The van der Waals surface area contributed by atoms with Crippen LogP contribution in [0.15, 0.2) is 12.1 Å². The van der Waals surface area contributed by atoms with Crippen molar-refractivity contribution in [3.63, 3.8) is 0 Å². The van der Waals surface area contributed by atoms with Gasteiger partial charge in [-0.1, -0.05) is 0 Å². The van der Waals surface area contributed by atoms with Crippen molar-refractivity contribution in [1.29, 1.82) is 5.26 Å². The summed E-state index contributed by atoms with van der Waals surface area (Å²) in [5.41, 5.74) is -0.169. The quantitative estimate of drug-likeness (QED) is 0.766. The summed E-state index contributed by atoms with van der Waals surface area (Å²) in [4.78, 5) is 10.7. The summed E-state index contributed by atoms with van der Waals surface area (Å²) in [5.74, 6) is -2.19. The average molecular weight is 214 g/mol. The second kappa shape index (κ2) is 4.07. The van der Waals surface area contributed by atoms with Crippen LogP contribution in [0.25, 0.3) is 0 Å². The van der Waals surface area contributed by atoms with Gasteiger partial charge in [-0.15, -0.1) is 11.6 Å². The Balaban J connectivity index is 3.49. The summed E-state index contributed by atoms with van der Waals surface area (Å²) in [6.45, 7) is 0. The molecule has 0 aromatic heterocycles. The van der Waals surface area contributed by atoms with Crippen molar-refractivity contribution in [3.05, 3.63) is 34.6 Å². The Morgan fingerprint density at radius 2 is 2.29 bits per heavy atom. The lowest BCUT2D eigenvalue weighted by Gasteiger charge is -2.04. The lowest BCUT2D eigenvalue weighted by molar-refractivity contribution is 0.0695. The fourth-order valence-corrected chi connectivity index (χ4v) is 1.36. The average Bonchev–Trinajstić information content (AvgIpc) is 2.16. The van der Waals surface area contributed by atoms with E-state index in [9.17, 15) is 9.18 Å². The molecule has 0 amide bonds. The number of carboxylic acid groups (broad SMARTS) is 1. The van der Waals surface area contributed by atoms with E-state index in [0.717, 1.165) is 12.1 Å².